The molecule has 1 aliphatic rings. The maximum atomic E-state index is 12.2. The molecule has 0 radical (unpaired) electrons. The molecule has 1 aromatic carbocycles. The molecule has 1 N–H and O–H groups in total. The van der Waals surface area contributed by atoms with Gasteiger partial charge in [0.05, 0.1) is 11.4 Å². The topological polar surface area (TPSA) is 46.9 Å². The molecule has 5 heteroatoms. The standard InChI is InChI=1S/C16H16ClN3O/c1-4-20-10(3)13(9(2)19-20)8-14-12-6-5-11(17)7-15(12)18-16(14)21/h5-8H,4H2,1-3H3,(H,18,21). The molecule has 0 aliphatic carbocycles. The molecule has 3 rings (SSSR count). The number of nitrogens with one attached hydrogen (secondary N) is 1. The average Bonchev–Trinajstić information content (AvgIpc) is 2.89. The van der Waals surface area contributed by atoms with Crippen LogP contribution in [-0.4, -0.2) is 15.7 Å². The average molecular weight is 302 g/mol. The minimum Gasteiger partial charge on any atom is -0.321 e. The molecule has 1 aromatic heterocycles. The van der Waals surface area contributed by atoms with Gasteiger partial charge in [0, 0.05) is 34.0 Å². The van der Waals surface area contributed by atoms with E-state index in [9.17, 15) is 4.79 Å². The Kier molecular flexibility index (Phi) is 3.33. The zero-order chi connectivity index (χ0) is 15.1. The van der Waals surface area contributed by atoms with Crippen LogP contribution < -0.4 is 5.32 Å². The van der Waals surface area contributed by atoms with Crippen LogP contribution in [-0.2, 0) is 11.3 Å². The fraction of sp³-hybridized carbons (Fsp3) is 0.250. The number of fused-ring (bicyclic) bond motifs is 1. The summed E-state index contributed by atoms with van der Waals surface area (Å²) in [7, 11) is 0. The molecule has 0 bridgehead atoms. The Balaban J connectivity index is 2.13. The molecule has 0 saturated carbocycles. The van der Waals surface area contributed by atoms with E-state index in [2.05, 4.69) is 17.3 Å². The van der Waals surface area contributed by atoms with E-state index in [0.29, 0.717) is 10.6 Å². The predicted octanol–water partition coefficient (Wildman–Crippen LogP) is 3.67. The second-order valence-corrected chi connectivity index (χ2v) is 5.54. The summed E-state index contributed by atoms with van der Waals surface area (Å²) in [5, 5.41) is 7.95. The van der Waals surface area contributed by atoms with E-state index in [1.807, 2.05) is 30.7 Å². The number of hydrogen-bond acceptors (Lipinski definition) is 2. The van der Waals surface area contributed by atoms with Gasteiger partial charge in [-0.2, -0.15) is 5.10 Å². The van der Waals surface area contributed by atoms with E-state index >= 15 is 0 Å². The number of hydrogen-bond donors (Lipinski definition) is 1. The molecule has 0 fully saturated rings. The van der Waals surface area contributed by atoms with Crippen LogP contribution in [0.3, 0.4) is 0 Å². The third-order valence-corrected chi connectivity index (χ3v) is 4.03. The number of aromatic nitrogens is 2. The van der Waals surface area contributed by atoms with Crippen LogP contribution in [0, 0.1) is 13.8 Å². The van der Waals surface area contributed by atoms with E-state index in [4.69, 9.17) is 11.6 Å². The van der Waals surface area contributed by atoms with Gasteiger partial charge in [-0.05, 0) is 39.0 Å². The van der Waals surface area contributed by atoms with E-state index in [0.717, 1.165) is 34.7 Å². The van der Waals surface area contributed by atoms with Crippen LogP contribution in [0.4, 0.5) is 5.69 Å². The quantitative estimate of drug-likeness (QED) is 0.860. The SMILES string of the molecule is CCn1nc(C)c(C=C2C(=O)Nc3cc(Cl)ccc32)c1C. The highest BCUT2D eigenvalue weighted by molar-refractivity contribution is 6.36. The molecule has 4 nitrogen and oxygen atoms in total. The van der Waals surface area contributed by atoms with Gasteiger partial charge in [-0.25, -0.2) is 0 Å². The van der Waals surface area contributed by atoms with Crippen LogP contribution >= 0.6 is 11.6 Å². The zero-order valence-electron chi connectivity index (χ0n) is 12.2. The third-order valence-electron chi connectivity index (χ3n) is 3.79. The monoisotopic (exact) mass is 301 g/mol. The molecule has 0 saturated heterocycles. The first-order valence-electron chi connectivity index (χ1n) is 6.88. The second kappa shape index (κ2) is 5.04. The van der Waals surface area contributed by atoms with Gasteiger partial charge in [0.1, 0.15) is 0 Å². The van der Waals surface area contributed by atoms with Gasteiger partial charge in [-0.3, -0.25) is 9.48 Å². The summed E-state index contributed by atoms with van der Waals surface area (Å²) in [6.45, 7) is 6.84. The molecular weight excluding hydrogens is 286 g/mol. The number of benzene rings is 1. The lowest BCUT2D eigenvalue weighted by Gasteiger charge is -2.01. The smallest absolute Gasteiger partial charge is 0.256 e. The second-order valence-electron chi connectivity index (χ2n) is 5.10. The molecule has 1 amide bonds. The number of amides is 1. The van der Waals surface area contributed by atoms with Crippen molar-refractivity contribution in [2.24, 2.45) is 0 Å². The molecule has 2 aromatic rings. The van der Waals surface area contributed by atoms with Gasteiger partial charge in [0.25, 0.3) is 5.91 Å². The first-order chi connectivity index (χ1) is 10.0. The van der Waals surface area contributed by atoms with Crippen molar-refractivity contribution < 1.29 is 4.79 Å². The van der Waals surface area contributed by atoms with Gasteiger partial charge >= 0.3 is 0 Å². The number of rotatable bonds is 2. The van der Waals surface area contributed by atoms with Gasteiger partial charge in [-0.1, -0.05) is 17.7 Å². The van der Waals surface area contributed by atoms with E-state index in [1.54, 1.807) is 12.1 Å². The summed E-state index contributed by atoms with van der Waals surface area (Å²) in [6.07, 6.45) is 1.92. The van der Waals surface area contributed by atoms with Gasteiger partial charge in [-0.15, -0.1) is 0 Å². The van der Waals surface area contributed by atoms with Crippen molar-refractivity contribution in [1.82, 2.24) is 9.78 Å². The molecule has 0 unspecified atom stereocenters. The lowest BCUT2D eigenvalue weighted by Crippen LogP contribution is -2.03. The highest BCUT2D eigenvalue weighted by atomic mass is 35.5. The van der Waals surface area contributed by atoms with Crippen molar-refractivity contribution in [2.45, 2.75) is 27.3 Å². The Hall–Kier alpha value is -2.07. The number of anilines is 1. The summed E-state index contributed by atoms with van der Waals surface area (Å²) < 4.78 is 1.94. The summed E-state index contributed by atoms with van der Waals surface area (Å²) in [6, 6.07) is 5.44. The Morgan fingerprint density at radius 1 is 1.38 bits per heavy atom. The van der Waals surface area contributed by atoms with Crippen molar-refractivity contribution in [1.29, 1.82) is 0 Å². The molecule has 108 valence electrons. The highest BCUT2D eigenvalue weighted by Gasteiger charge is 2.25. The van der Waals surface area contributed by atoms with E-state index in [-0.39, 0.29) is 5.91 Å². The fourth-order valence-corrected chi connectivity index (χ4v) is 2.85. The molecular formula is C16H16ClN3O. The summed E-state index contributed by atoms with van der Waals surface area (Å²) in [5.41, 5.74) is 5.30. The molecule has 1 aliphatic heterocycles. The number of aryl methyl sites for hydroxylation is 2. The van der Waals surface area contributed by atoms with Crippen molar-refractivity contribution in [3.8, 4) is 0 Å². The van der Waals surface area contributed by atoms with Crippen molar-refractivity contribution >= 4 is 34.8 Å². The molecule has 0 atom stereocenters. The van der Waals surface area contributed by atoms with Crippen LogP contribution in [0.25, 0.3) is 11.6 Å². The zero-order valence-corrected chi connectivity index (χ0v) is 13.0. The first-order valence-corrected chi connectivity index (χ1v) is 7.26. The Bertz CT molecular complexity index is 774. The van der Waals surface area contributed by atoms with Crippen molar-refractivity contribution in [3.63, 3.8) is 0 Å². The van der Waals surface area contributed by atoms with Gasteiger partial charge < -0.3 is 5.32 Å². The maximum absolute atomic E-state index is 12.2. The van der Waals surface area contributed by atoms with E-state index in [1.165, 1.54) is 0 Å². The highest BCUT2D eigenvalue weighted by Crippen LogP contribution is 2.35. The largest absolute Gasteiger partial charge is 0.321 e. The number of nitrogens with zero attached hydrogens (tertiary/aromatic N) is 2. The maximum Gasteiger partial charge on any atom is 0.256 e. The van der Waals surface area contributed by atoms with E-state index < -0.39 is 0 Å². The normalized spacial score (nSPS) is 15.4. The Labute approximate surface area is 128 Å². The molecule has 21 heavy (non-hydrogen) atoms. The van der Waals surface area contributed by atoms with Crippen LogP contribution in [0.1, 0.15) is 29.4 Å². The number of halogens is 1. The van der Waals surface area contributed by atoms with Crippen LogP contribution in [0.15, 0.2) is 18.2 Å². The first kappa shape index (κ1) is 13.9. The minimum absolute atomic E-state index is 0.102. The summed E-state index contributed by atoms with van der Waals surface area (Å²) in [4.78, 5) is 12.2. The minimum atomic E-state index is -0.102. The Morgan fingerprint density at radius 3 is 2.81 bits per heavy atom. The Morgan fingerprint density at radius 2 is 2.14 bits per heavy atom. The summed E-state index contributed by atoms with van der Waals surface area (Å²) >= 11 is 5.97. The van der Waals surface area contributed by atoms with Gasteiger partial charge in [0.15, 0.2) is 0 Å². The predicted molar refractivity (Wildman–Crippen MR) is 85.3 cm³/mol. The lowest BCUT2D eigenvalue weighted by molar-refractivity contribution is -0.110. The third kappa shape index (κ3) is 2.25. The van der Waals surface area contributed by atoms with Crippen LogP contribution in [0.5, 0.6) is 0 Å². The molecule has 2 heterocycles. The fourth-order valence-electron chi connectivity index (χ4n) is 2.68. The summed E-state index contributed by atoms with van der Waals surface area (Å²) in [5.74, 6) is -0.102. The lowest BCUT2D eigenvalue weighted by atomic mass is 10.0. The molecule has 0 spiro atoms. The number of carbonyl (C=O) groups is 1. The van der Waals surface area contributed by atoms with Gasteiger partial charge in [0.2, 0.25) is 0 Å². The van der Waals surface area contributed by atoms with Crippen molar-refractivity contribution in [3.05, 3.63) is 45.7 Å². The number of carbonyl (C=O) groups excluding carboxylic acids is 1. The van der Waals surface area contributed by atoms with Crippen LogP contribution in [0.2, 0.25) is 5.02 Å². The van der Waals surface area contributed by atoms with Crippen molar-refractivity contribution in [2.75, 3.05) is 5.32 Å².